The molecule has 6 heteroatoms. The normalized spacial score (nSPS) is 15.9. The molecule has 2 rings (SSSR count). The van der Waals surface area contributed by atoms with Crippen molar-refractivity contribution in [1.29, 1.82) is 0 Å². The third-order valence-corrected chi connectivity index (χ3v) is 5.28. The summed E-state index contributed by atoms with van der Waals surface area (Å²) >= 11 is 0. The van der Waals surface area contributed by atoms with Gasteiger partial charge >= 0.3 is 0 Å². The molecular weight excluding hydrogens is 286 g/mol. The van der Waals surface area contributed by atoms with E-state index in [1.165, 1.54) is 0 Å². The first-order valence-electron chi connectivity index (χ1n) is 7.62. The van der Waals surface area contributed by atoms with Crippen molar-refractivity contribution in [2.75, 3.05) is 13.1 Å². The topological polar surface area (TPSA) is 62.3 Å². The predicted molar refractivity (Wildman–Crippen MR) is 83.4 cm³/mol. The molecule has 1 heterocycles. The van der Waals surface area contributed by atoms with Crippen molar-refractivity contribution >= 4 is 10.0 Å². The lowest BCUT2D eigenvalue weighted by atomic mass is 10.2. The number of hydrogen-bond donors (Lipinski definition) is 1. The van der Waals surface area contributed by atoms with Crippen LogP contribution in [0.25, 0.3) is 0 Å². The Morgan fingerprint density at radius 1 is 1.38 bits per heavy atom. The van der Waals surface area contributed by atoms with E-state index in [-0.39, 0.29) is 11.1 Å². The second-order valence-electron chi connectivity index (χ2n) is 5.98. The van der Waals surface area contributed by atoms with E-state index in [9.17, 15) is 8.42 Å². The predicted octanol–water partition coefficient (Wildman–Crippen LogP) is 2.00. The van der Waals surface area contributed by atoms with Crippen LogP contribution in [0.2, 0.25) is 0 Å². The molecule has 118 valence electrons. The Morgan fingerprint density at radius 3 is 2.57 bits per heavy atom. The molecule has 21 heavy (non-hydrogen) atoms. The summed E-state index contributed by atoms with van der Waals surface area (Å²) in [5, 5.41) is 3.36. The Kier molecular flexibility index (Phi) is 5.35. The summed E-state index contributed by atoms with van der Waals surface area (Å²) in [6.07, 6.45) is 3.57. The molecule has 1 aromatic heterocycles. The average Bonchev–Trinajstić information content (AvgIpc) is 3.27. The van der Waals surface area contributed by atoms with Crippen molar-refractivity contribution in [3.63, 3.8) is 0 Å². The summed E-state index contributed by atoms with van der Waals surface area (Å²) < 4.78 is 27.1. The number of pyridine rings is 1. The molecule has 0 radical (unpaired) electrons. The Bertz CT molecular complexity index is 551. The highest BCUT2D eigenvalue weighted by atomic mass is 32.2. The van der Waals surface area contributed by atoms with Crippen LogP contribution in [0.4, 0.5) is 0 Å². The number of sulfonamides is 1. The standard InChI is InChI=1S/C15H25N3O2S/c1-4-16-9-13-5-8-15(17-10-13)21(19,20)18(11-12(2)3)14-6-7-14/h5,8,10,12,14,16H,4,6-7,9,11H2,1-3H3. The van der Waals surface area contributed by atoms with E-state index in [0.29, 0.717) is 19.0 Å². The van der Waals surface area contributed by atoms with Crippen LogP contribution in [0, 0.1) is 5.92 Å². The van der Waals surface area contributed by atoms with Crippen LogP contribution >= 0.6 is 0 Å². The van der Waals surface area contributed by atoms with Crippen molar-refractivity contribution in [2.24, 2.45) is 5.92 Å². The van der Waals surface area contributed by atoms with Crippen molar-refractivity contribution in [1.82, 2.24) is 14.6 Å². The summed E-state index contributed by atoms with van der Waals surface area (Å²) in [5.74, 6) is 0.313. The number of nitrogens with one attached hydrogen (secondary N) is 1. The van der Waals surface area contributed by atoms with Gasteiger partial charge in [0.15, 0.2) is 5.03 Å². The van der Waals surface area contributed by atoms with E-state index in [1.807, 2.05) is 26.8 Å². The molecule has 1 saturated carbocycles. The first kappa shape index (κ1) is 16.4. The maximum absolute atomic E-state index is 12.7. The smallest absolute Gasteiger partial charge is 0.260 e. The van der Waals surface area contributed by atoms with Gasteiger partial charge in [-0.15, -0.1) is 0 Å². The number of hydrogen-bond acceptors (Lipinski definition) is 4. The SMILES string of the molecule is CCNCc1ccc(S(=O)(=O)N(CC(C)C)C2CC2)nc1. The highest BCUT2D eigenvalue weighted by molar-refractivity contribution is 7.89. The molecule has 0 unspecified atom stereocenters. The van der Waals surface area contributed by atoms with Gasteiger partial charge in [-0.1, -0.05) is 26.8 Å². The van der Waals surface area contributed by atoms with E-state index in [1.54, 1.807) is 16.6 Å². The van der Waals surface area contributed by atoms with Crippen LogP contribution in [0.3, 0.4) is 0 Å². The third kappa shape index (κ3) is 4.25. The highest BCUT2D eigenvalue weighted by Gasteiger charge is 2.38. The second kappa shape index (κ2) is 6.85. The van der Waals surface area contributed by atoms with E-state index in [2.05, 4.69) is 10.3 Å². The fraction of sp³-hybridized carbons (Fsp3) is 0.667. The van der Waals surface area contributed by atoms with Gasteiger partial charge in [0.1, 0.15) is 0 Å². The molecule has 0 amide bonds. The van der Waals surface area contributed by atoms with Crippen LogP contribution < -0.4 is 5.32 Å². The largest absolute Gasteiger partial charge is 0.313 e. The minimum atomic E-state index is -3.47. The number of rotatable bonds is 8. The van der Waals surface area contributed by atoms with Gasteiger partial charge in [0.05, 0.1) is 0 Å². The lowest BCUT2D eigenvalue weighted by Gasteiger charge is -2.23. The van der Waals surface area contributed by atoms with Gasteiger partial charge in [-0.3, -0.25) is 0 Å². The fourth-order valence-electron chi connectivity index (χ4n) is 2.22. The Balaban J connectivity index is 2.17. The molecule has 1 aliphatic carbocycles. The quantitative estimate of drug-likeness (QED) is 0.797. The van der Waals surface area contributed by atoms with E-state index < -0.39 is 10.0 Å². The second-order valence-corrected chi connectivity index (χ2v) is 7.82. The molecule has 0 aromatic carbocycles. The summed E-state index contributed by atoms with van der Waals surface area (Å²) in [6.45, 7) is 8.27. The molecule has 5 nitrogen and oxygen atoms in total. The molecule has 1 aliphatic rings. The molecular formula is C15H25N3O2S. The zero-order valence-electron chi connectivity index (χ0n) is 13.0. The molecule has 0 spiro atoms. The lowest BCUT2D eigenvalue weighted by molar-refractivity contribution is 0.359. The van der Waals surface area contributed by atoms with Gasteiger partial charge in [-0.2, -0.15) is 4.31 Å². The zero-order valence-corrected chi connectivity index (χ0v) is 13.9. The minimum Gasteiger partial charge on any atom is -0.313 e. The third-order valence-electron chi connectivity index (χ3n) is 3.45. The van der Waals surface area contributed by atoms with Gasteiger partial charge in [-0.25, -0.2) is 13.4 Å². The minimum absolute atomic E-state index is 0.162. The maximum atomic E-state index is 12.7. The van der Waals surface area contributed by atoms with Crippen molar-refractivity contribution in [2.45, 2.75) is 51.2 Å². The number of nitrogens with zero attached hydrogens (tertiary/aromatic N) is 2. The average molecular weight is 311 g/mol. The lowest BCUT2D eigenvalue weighted by Crippen LogP contribution is -2.36. The number of aromatic nitrogens is 1. The summed E-state index contributed by atoms with van der Waals surface area (Å²) in [7, 11) is -3.47. The van der Waals surface area contributed by atoms with Crippen molar-refractivity contribution in [3.05, 3.63) is 23.9 Å². The first-order valence-corrected chi connectivity index (χ1v) is 9.06. The van der Waals surface area contributed by atoms with E-state index in [0.717, 1.165) is 24.9 Å². The zero-order chi connectivity index (χ0) is 15.5. The van der Waals surface area contributed by atoms with Crippen LogP contribution in [-0.4, -0.2) is 36.8 Å². The maximum Gasteiger partial charge on any atom is 0.260 e. The summed E-state index contributed by atoms with van der Waals surface area (Å²) in [4.78, 5) is 4.17. The van der Waals surface area contributed by atoms with Gasteiger partial charge in [0.2, 0.25) is 0 Å². The van der Waals surface area contributed by atoms with E-state index >= 15 is 0 Å². The monoisotopic (exact) mass is 311 g/mol. The summed E-state index contributed by atoms with van der Waals surface area (Å²) in [5.41, 5.74) is 0.998. The molecule has 1 N–H and O–H groups in total. The van der Waals surface area contributed by atoms with Crippen LogP contribution in [0.5, 0.6) is 0 Å². The Labute approximate surface area is 127 Å². The van der Waals surface area contributed by atoms with Gasteiger partial charge < -0.3 is 5.32 Å². The van der Waals surface area contributed by atoms with Crippen LogP contribution in [0.1, 0.15) is 39.2 Å². The molecule has 0 atom stereocenters. The summed E-state index contributed by atoms with van der Waals surface area (Å²) in [6, 6.07) is 3.63. The van der Waals surface area contributed by atoms with Gasteiger partial charge in [0.25, 0.3) is 10.0 Å². The Hall–Kier alpha value is -0.980. The Morgan fingerprint density at radius 2 is 2.10 bits per heavy atom. The van der Waals surface area contributed by atoms with Crippen molar-refractivity contribution in [3.8, 4) is 0 Å². The van der Waals surface area contributed by atoms with Gasteiger partial charge in [-0.05, 0) is 36.9 Å². The van der Waals surface area contributed by atoms with Gasteiger partial charge in [0, 0.05) is 25.3 Å². The molecule has 0 saturated heterocycles. The fourth-order valence-corrected chi connectivity index (χ4v) is 3.99. The van der Waals surface area contributed by atoms with Crippen LogP contribution in [-0.2, 0) is 16.6 Å². The van der Waals surface area contributed by atoms with Crippen LogP contribution in [0.15, 0.2) is 23.4 Å². The molecule has 1 aromatic rings. The molecule has 0 aliphatic heterocycles. The molecule has 0 bridgehead atoms. The van der Waals surface area contributed by atoms with E-state index in [4.69, 9.17) is 0 Å². The van der Waals surface area contributed by atoms with Crippen molar-refractivity contribution < 1.29 is 8.42 Å². The molecule has 1 fully saturated rings. The highest BCUT2D eigenvalue weighted by Crippen LogP contribution is 2.32. The first-order chi connectivity index (χ1) is 9.95.